The molecule has 1 aromatic carbocycles. The summed E-state index contributed by atoms with van der Waals surface area (Å²) in [6, 6.07) is 7.65. The van der Waals surface area contributed by atoms with Crippen LogP contribution in [0.15, 0.2) is 24.3 Å². The summed E-state index contributed by atoms with van der Waals surface area (Å²) in [6.45, 7) is 10.2. The minimum absolute atomic E-state index is 0.215. The normalized spacial score (nSPS) is 12.4. The van der Waals surface area contributed by atoms with Crippen LogP contribution in [0.3, 0.4) is 0 Å². The fourth-order valence-electron chi connectivity index (χ4n) is 2.04. The van der Waals surface area contributed by atoms with E-state index < -0.39 is 0 Å². The van der Waals surface area contributed by atoms with Gasteiger partial charge in [0.2, 0.25) is 0 Å². The molecule has 0 saturated carbocycles. The van der Waals surface area contributed by atoms with Gasteiger partial charge < -0.3 is 0 Å². The second kappa shape index (κ2) is 4.34. The lowest BCUT2D eigenvalue weighted by atomic mass is 9.90. The van der Waals surface area contributed by atoms with Gasteiger partial charge >= 0.3 is 0 Å². The van der Waals surface area contributed by atoms with Gasteiger partial charge in [-0.2, -0.15) is 0 Å². The molecular formula is C16H20FN. The minimum Gasteiger partial charge on any atom is -0.249 e. The second-order valence-electron chi connectivity index (χ2n) is 6.18. The smallest absolute Gasteiger partial charge is 0.145 e. The van der Waals surface area contributed by atoms with E-state index in [0.29, 0.717) is 11.6 Å². The minimum atomic E-state index is -0.272. The third-order valence-corrected chi connectivity index (χ3v) is 3.17. The number of fused-ring (bicyclic) bond motifs is 1. The zero-order chi connectivity index (χ0) is 13.5. The third-order valence-electron chi connectivity index (χ3n) is 3.17. The summed E-state index contributed by atoms with van der Waals surface area (Å²) in [4.78, 5) is 4.51. The lowest BCUT2D eigenvalue weighted by Gasteiger charge is -2.19. The lowest BCUT2D eigenvalue weighted by Crippen LogP contribution is -2.16. The van der Waals surface area contributed by atoms with E-state index in [9.17, 15) is 4.39 Å². The second-order valence-corrected chi connectivity index (χ2v) is 6.18. The van der Waals surface area contributed by atoms with Gasteiger partial charge in [-0.15, -0.1) is 0 Å². The van der Waals surface area contributed by atoms with Crippen molar-refractivity contribution in [3.05, 3.63) is 41.3 Å². The number of halogens is 1. The Hall–Kier alpha value is -1.44. The van der Waals surface area contributed by atoms with Crippen molar-refractivity contribution in [3.63, 3.8) is 0 Å². The predicted molar refractivity (Wildman–Crippen MR) is 74.5 cm³/mol. The van der Waals surface area contributed by atoms with Gasteiger partial charge in [-0.05, 0) is 23.6 Å². The van der Waals surface area contributed by atoms with E-state index in [1.54, 1.807) is 6.07 Å². The summed E-state index contributed by atoms with van der Waals surface area (Å²) in [5.74, 6) is 0.242. The highest BCUT2D eigenvalue weighted by atomic mass is 19.1. The third kappa shape index (κ3) is 2.38. The molecule has 0 spiro atoms. The number of benzene rings is 1. The van der Waals surface area contributed by atoms with Crippen molar-refractivity contribution in [2.75, 3.05) is 0 Å². The molecule has 0 N–H and O–H groups in total. The van der Waals surface area contributed by atoms with Gasteiger partial charge in [-0.3, -0.25) is 0 Å². The molecule has 0 amide bonds. The van der Waals surface area contributed by atoms with Gasteiger partial charge in [0.1, 0.15) is 5.82 Å². The van der Waals surface area contributed by atoms with Crippen LogP contribution in [0.5, 0.6) is 0 Å². The molecule has 1 aromatic heterocycles. The van der Waals surface area contributed by atoms with E-state index in [1.807, 2.05) is 32.9 Å². The molecule has 18 heavy (non-hydrogen) atoms. The van der Waals surface area contributed by atoms with E-state index in [4.69, 9.17) is 0 Å². The molecule has 0 fully saturated rings. The average Bonchev–Trinajstić information content (AvgIpc) is 2.25. The van der Waals surface area contributed by atoms with E-state index in [2.05, 4.69) is 24.9 Å². The molecule has 0 radical (unpaired) electrons. The van der Waals surface area contributed by atoms with Crippen molar-refractivity contribution >= 4 is 10.9 Å². The van der Waals surface area contributed by atoms with E-state index in [0.717, 1.165) is 10.9 Å². The molecule has 0 aliphatic heterocycles. The standard InChI is InChI=1S/C16H20FN/c1-10(2)11-6-7-12-8-13(17)15(16(3,4)5)18-14(12)9-11/h6-10H,1-5H3. The van der Waals surface area contributed by atoms with Crippen LogP contribution >= 0.6 is 0 Å². The molecule has 0 unspecified atom stereocenters. The summed E-state index contributed by atoms with van der Waals surface area (Å²) < 4.78 is 14.0. The maximum absolute atomic E-state index is 14.0. The van der Waals surface area contributed by atoms with Crippen LogP contribution in [-0.4, -0.2) is 4.98 Å². The van der Waals surface area contributed by atoms with Gasteiger partial charge in [-0.25, -0.2) is 9.37 Å². The van der Waals surface area contributed by atoms with Crippen LogP contribution in [0.4, 0.5) is 4.39 Å². The number of nitrogens with zero attached hydrogens (tertiary/aromatic N) is 1. The Balaban J connectivity index is 2.67. The number of hydrogen-bond donors (Lipinski definition) is 0. The van der Waals surface area contributed by atoms with Crippen LogP contribution in [0.25, 0.3) is 10.9 Å². The summed E-state index contributed by atoms with van der Waals surface area (Å²) in [7, 11) is 0. The van der Waals surface area contributed by atoms with E-state index >= 15 is 0 Å². The Morgan fingerprint density at radius 1 is 1.11 bits per heavy atom. The van der Waals surface area contributed by atoms with Crippen molar-refractivity contribution in [2.24, 2.45) is 0 Å². The number of rotatable bonds is 1. The Labute approximate surface area is 108 Å². The molecule has 1 heterocycles. The van der Waals surface area contributed by atoms with Crippen molar-refractivity contribution in [1.29, 1.82) is 0 Å². The van der Waals surface area contributed by atoms with Crippen molar-refractivity contribution in [3.8, 4) is 0 Å². The van der Waals surface area contributed by atoms with Crippen LogP contribution in [0.1, 0.15) is 51.8 Å². The Morgan fingerprint density at radius 3 is 2.33 bits per heavy atom. The fourth-order valence-corrected chi connectivity index (χ4v) is 2.04. The van der Waals surface area contributed by atoms with Crippen molar-refractivity contribution in [1.82, 2.24) is 4.98 Å². The molecule has 2 heteroatoms. The summed E-state index contributed by atoms with van der Waals surface area (Å²) >= 11 is 0. The molecule has 0 saturated heterocycles. The zero-order valence-electron chi connectivity index (χ0n) is 11.7. The van der Waals surface area contributed by atoms with Gasteiger partial charge in [-0.1, -0.05) is 46.8 Å². The number of pyridine rings is 1. The SMILES string of the molecule is CC(C)c1ccc2cc(F)c(C(C)(C)C)nc2c1. The largest absolute Gasteiger partial charge is 0.249 e. The highest BCUT2D eigenvalue weighted by Gasteiger charge is 2.21. The van der Waals surface area contributed by atoms with Crippen LogP contribution in [-0.2, 0) is 5.41 Å². The van der Waals surface area contributed by atoms with Crippen LogP contribution in [0.2, 0.25) is 0 Å². The highest BCUT2D eigenvalue weighted by molar-refractivity contribution is 5.79. The molecule has 0 bridgehead atoms. The molecule has 0 aliphatic rings. The zero-order valence-corrected chi connectivity index (χ0v) is 11.7. The Kier molecular flexibility index (Phi) is 3.14. The fraction of sp³-hybridized carbons (Fsp3) is 0.438. The highest BCUT2D eigenvalue weighted by Crippen LogP contribution is 2.27. The van der Waals surface area contributed by atoms with Crippen molar-refractivity contribution < 1.29 is 4.39 Å². The topological polar surface area (TPSA) is 12.9 Å². The van der Waals surface area contributed by atoms with Gasteiger partial charge in [0, 0.05) is 10.8 Å². The molecule has 0 aliphatic carbocycles. The number of hydrogen-bond acceptors (Lipinski definition) is 1. The molecular weight excluding hydrogens is 225 g/mol. The Bertz CT molecular complexity index is 579. The average molecular weight is 245 g/mol. The Morgan fingerprint density at radius 2 is 1.78 bits per heavy atom. The molecule has 0 atom stereocenters. The first-order valence-electron chi connectivity index (χ1n) is 6.39. The first-order valence-corrected chi connectivity index (χ1v) is 6.39. The van der Waals surface area contributed by atoms with E-state index in [1.165, 1.54) is 5.56 Å². The summed E-state index contributed by atoms with van der Waals surface area (Å²) in [5.41, 5.74) is 2.39. The van der Waals surface area contributed by atoms with Gasteiger partial charge in [0.25, 0.3) is 0 Å². The quantitative estimate of drug-likeness (QED) is 0.703. The lowest BCUT2D eigenvalue weighted by molar-refractivity contribution is 0.506. The molecule has 1 nitrogen and oxygen atoms in total. The molecule has 96 valence electrons. The first kappa shape index (κ1) is 13.0. The van der Waals surface area contributed by atoms with Crippen molar-refractivity contribution in [2.45, 2.75) is 46.0 Å². The van der Waals surface area contributed by atoms with E-state index in [-0.39, 0.29) is 11.2 Å². The monoisotopic (exact) mass is 245 g/mol. The summed E-state index contributed by atoms with van der Waals surface area (Å²) in [6.07, 6.45) is 0. The van der Waals surface area contributed by atoms with Gasteiger partial charge in [0.05, 0.1) is 11.2 Å². The summed E-state index contributed by atoms with van der Waals surface area (Å²) in [5, 5.41) is 0.866. The van der Waals surface area contributed by atoms with Gasteiger partial charge in [0.15, 0.2) is 0 Å². The first-order chi connectivity index (χ1) is 8.29. The van der Waals surface area contributed by atoms with Crippen LogP contribution in [0, 0.1) is 5.82 Å². The molecule has 2 rings (SSSR count). The van der Waals surface area contributed by atoms with Crippen LogP contribution < -0.4 is 0 Å². The predicted octanol–water partition coefficient (Wildman–Crippen LogP) is 4.79. The maximum atomic E-state index is 14.0. The maximum Gasteiger partial charge on any atom is 0.145 e. The molecule has 2 aromatic rings. The number of aromatic nitrogens is 1.